The van der Waals surface area contributed by atoms with Gasteiger partial charge in [-0.1, -0.05) is 49.4 Å². The molecule has 0 bridgehead atoms. The molecule has 0 spiro atoms. The summed E-state index contributed by atoms with van der Waals surface area (Å²) in [6, 6.07) is 22.9. The van der Waals surface area contributed by atoms with Crippen LogP contribution in [0.3, 0.4) is 0 Å². The summed E-state index contributed by atoms with van der Waals surface area (Å²) in [6.45, 7) is 6.57. The van der Waals surface area contributed by atoms with Gasteiger partial charge in [-0.25, -0.2) is 4.98 Å². The van der Waals surface area contributed by atoms with Crippen molar-refractivity contribution < 1.29 is 9.59 Å². The Morgan fingerprint density at radius 3 is 2.45 bits per heavy atom. The van der Waals surface area contributed by atoms with Crippen molar-refractivity contribution in [1.29, 1.82) is 5.26 Å². The van der Waals surface area contributed by atoms with E-state index in [4.69, 9.17) is 5.26 Å². The monoisotopic (exact) mass is 510 g/mol. The number of amides is 2. The molecule has 3 aromatic rings. The van der Waals surface area contributed by atoms with Gasteiger partial charge in [0.1, 0.15) is 11.9 Å². The van der Waals surface area contributed by atoms with Gasteiger partial charge < -0.3 is 20.4 Å². The molecule has 2 heterocycles. The third-order valence-electron chi connectivity index (χ3n) is 7.13. The normalized spacial score (nSPS) is 17.0. The van der Waals surface area contributed by atoms with E-state index in [1.165, 1.54) is 0 Å². The van der Waals surface area contributed by atoms with Crippen molar-refractivity contribution in [2.24, 2.45) is 0 Å². The maximum absolute atomic E-state index is 13.4. The largest absolute Gasteiger partial charge is 0.357 e. The average molecular weight is 511 g/mol. The first-order chi connectivity index (χ1) is 18.4. The van der Waals surface area contributed by atoms with Crippen LogP contribution in [0.5, 0.6) is 0 Å². The van der Waals surface area contributed by atoms with Crippen LogP contribution in [-0.2, 0) is 9.59 Å². The van der Waals surface area contributed by atoms with Gasteiger partial charge in [-0.05, 0) is 48.2 Å². The highest BCUT2D eigenvalue weighted by Gasteiger charge is 2.29. The molecule has 1 fully saturated rings. The minimum absolute atomic E-state index is 0.0836. The molecule has 8 nitrogen and oxygen atoms in total. The topological polar surface area (TPSA) is 101 Å². The summed E-state index contributed by atoms with van der Waals surface area (Å²) in [4.78, 5) is 34.0. The van der Waals surface area contributed by atoms with Crippen LogP contribution in [0.25, 0.3) is 0 Å². The molecule has 2 aromatic carbocycles. The summed E-state index contributed by atoms with van der Waals surface area (Å²) in [5, 5.41) is 15.4. The number of anilines is 2. The highest BCUT2D eigenvalue weighted by Crippen LogP contribution is 2.23. The molecule has 8 heteroatoms. The molecular weight excluding hydrogens is 476 g/mol. The Bertz CT molecular complexity index is 1270. The van der Waals surface area contributed by atoms with Crippen LogP contribution in [0.2, 0.25) is 0 Å². The summed E-state index contributed by atoms with van der Waals surface area (Å²) in [5.41, 5.74) is 3.56. The lowest BCUT2D eigenvalue weighted by molar-refractivity contribution is -0.132. The van der Waals surface area contributed by atoms with Gasteiger partial charge >= 0.3 is 0 Å². The van der Waals surface area contributed by atoms with E-state index in [1.54, 1.807) is 17.2 Å². The third kappa shape index (κ3) is 6.36. The van der Waals surface area contributed by atoms with Gasteiger partial charge in [0.2, 0.25) is 11.8 Å². The number of nitriles is 1. The Labute approximate surface area is 224 Å². The number of carbonyl (C=O) groups is 2. The fourth-order valence-electron chi connectivity index (χ4n) is 4.71. The standard InChI is InChI=1S/C30H34N6O2/c1-21(24-11-9-23(17-31)10-12-24)18-32-20-27(25-7-5-4-6-8-25)29(37)34-28-14-13-26(19-33-28)36-16-15-35(3)30(38)22(36)2/h4-14,19,21-22,27,32H,15-16,18,20H2,1-3H3,(H,33,34,37)/t21-,22-,27?/m1/s1. The van der Waals surface area contributed by atoms with Gasteiger partial charge in [-0.3, -0.25) is 9.59 Å². The summed E-state index contributed by atoms with van der Waals surface area (Å²) in [6.07, 6.45) is 1.71. The SMILES string of the molecule is C[C@H](CNCC(C(=O)Nc1ccc(N2CCN(C)C(=O)[C@H]2C)cn1)c1ccccc1)c1ccc(C#N)cc1. The van der Waals surface area contributed by atoms with Crippen LogP contribution in [0.1, 0.15) is 42.4 Å². The molecule has 0 radical (unpaired) electrons. The molecule has 1 saturated heterocycles. The van der Waals surface area contributed by atoms with E-state index in [2.05, 4.69) is 28.6 Å². The van der Waals surface area contributed by atoms with Crippen molar-refractivity contribution in [3.63, 3.8) is 0 Å². The zero-order valence-electron chi connectivity index (χ0n) is 22.1. The number of nitrogens with zero attached hydrogens (tertiary/aromatic N) is 4. The van der Waals surface area contributed by atoms with E-state index < -0.39 is 5.92 Å². The number of benzene rings is 2. The molecule has 0 saturated carbocycles. The predicted molar refractivity (Wildman–Crippen MR) is 149 cm³/mol. The summed E-state index contributed by atoms with van der Waals surface area (Å²) in [5.74, 6) is 0.235. The summed E-state index contributed by atoms with van der Waals surface area (Å²) >= 11 is 0. The second kappa shape index (κ2) is 12.3. The first-order valence-electron chi connectivity index (χ1n) is 12.9. The van der Waals surface area contributed by atoms with Crippen molar-refractivity contribution >= 4 is 23.3 Å². The lowest BCUT2D eigenvalue weighted by Gasteiger charge is -2.38. The molecule has 1 aliphatic heterocycles. The Balaban J connectivity index is 1.39. The highest BCUT2D eigenvalue weighted by atomic mass is 16.2. The number of rotatable bonds is 9. The molecule has 0 aliphatic carbocycles. The number of aromatic nitrogens is 1. The smallest absolute Gasteiger partial charge is 0.244 e. The zero-order valence-corrected chi connectivity index (χ0v) is 22.1. The quantitative estimate of drug-likeness (QED) is 0.455. The van der Waals surface area contributed by atoms with E-state index in [-0.39, 0.29) is 23.8 Å². The molecule has 4 rings (SSSR count). The van der Waals surface area contributed by atoms with Crippen molar-refractivity contribution in [1.82, 2.24) is 15.2 Å². The van der Waals surface area contributed by atoms with Crippen LogP contribution in [0.4, 0.5) is 11.5 Å². The zero-order chi connectivity index (χ0) is 27.1. The maximum atomic E-state index is 13.4. The molecule has 1 aliphatic rings. The maximum Gasteiger partial charge on any atom is 0.244 e. The van der Waals surface area contributed by atoms with E-state index in [0.29, 0.717) is 31.0 Å². The molecule has 1 aromatic heterocycles. The van der Waals surface area contributed by atoms with E-state index in [9.17, 15) is 9.59 Å². The first kappa shape index (κ1) is 26.8. The molecule has 1 unspecified atom stereocenters. The van der Waals surface area contributed by atoms with Crippen LogP contribution >= 0.6 is 0 Å². The van der Waals surface area contributed by atoms with Gasteiger partial charge in [0.15, 0.2) is 0 Å². The average Bonchev–Trinajstić information content (AvgIpc) is 2.95. The second-order valence-corrected chi connectivity index (χ2v) is 9.78. The highest BCUT2D eigenvalue weighted by molar-refractivity contribution is 5.95. The Hall–Kier alpha value is -4.22. The number of hydrogen-bond acceptors (Lipinski definition) is 6. The number of pyridine rings is 1. The van der Waals surface area contributed by atoms with Gasteiger partial charge in [-0.2, -0.15) is 5.26 Å². The van der Waals surface area contributed by atoms with Crippen molar-refractivity contribution in [3.05, 3.63) is 89.6 Å². The molecular formula is C30H34N6O2. The van der Waals surface area contributed by atoms with E-state index in [0.717, 1.165) is 23.4 Å². The van der Waals surface area contributed by atoms with E-state index in [1.807, 2.05) is 79.5 Å². The van der Waals surface area contributed by atoms with E-state index >= 15 is 0 Å². The minimum Gasteiger partial charge on any atom is -0.357 e. The van der Waals surface area contributed by atoms with Gasteiger partial charge in [0, 0.05) is 33.2 Å². The van der Waals surface area contributed by atoms with Gasteiger partial charge in [-0.15, -0.1) is 0 Å². The number of hydrogen-bond donors (Lipinski definition) is 2. The summed E-state index contributed by atoms with van der Waals surface area (Å²) < 4.78 is 0. The van der Waals surface area contributed by atoms with Crippen molar-refractivity contribution in [2.75, 3.05) is 43.4 Å². The molecule has 38 heavy (non-hydrogen) atoms. The number of nitrogens with one attached hydrogen (secondary N) is 2. The number of carbonyl (C=O) groups excluding carboxylic acids is 2. The first-order valence-corrected chi connectivity index (χ1v) is 12.9. The second-order valence-electron chi connectivity index (χ2n) is 9.78. The third-order valence-corrected chi connectivity index (χ3v) is 7.13. The van der Waals surface area contributed by atoms with Crippen molar-refractivity contribution in [2.45, 2.75) is 31.7 Å². The number of likely N-dealkylation sites (N-methyl/N-ethyl adjacent to an activating group) is 1. The Morgan fingerprint density at radius 2 is 1.79 bits per heavy atom. The van der Waals surface area contributed by atoms with Crippen LogP contribution in [-0.4, -0.2) is 61.0 Å². The molecule has 3 atom stereocenters. The lowest BCUT2D eigenvalue weighted by atomic mass is 9.96. The van der Waals surface area contributed by atoms with Crippen molar-refractivity contribution in [3.8, 4) is 6.07 Å². The Kier molecular flexibility index (Phi) is 8.72. The Morgan fingerprint density at radius 1 is 1.05 bits per heavy atom. The molecule has 2 N–H and O–H groups in total. The molecule has 196 valence electrons. The van der Waals surface area contributed by atoms with Crippen LogP contribution < -0.4 is 15.5 Å². The van der Waals surface area contributed by atoms with Gasteiger partial charge in [0.05, 0.1) is 29.4 Å². The van der Waals surface area contributed by atoms with Crippen LogP contribution in [0.15, 0.2) is 72.9 Å². The molecule has 2 amide bonds. The van der Waals surface area contributed by atoms with Crippen LogP contribution in [0, 0.1) is 11.3 Å². The summed E-state index contributed by atoms with van der Waals surface area (Å²) in [7, 11) is 1.82. The fourth-order valence-corrected chi connectivity index (χ4v) is 4.71. The fraction of sp³-hybridized carbons (Fsp3) is 0.333. The predicted octanol–water partition coefficient (Wildman–Crippen LogP) is 3.74. The van der Waals surface area contributed by atoms with Gasteiger partial charge in [0.25, 0.3) is 0 Å². The minimum atomic E-state index is -0.402. The number of piperazine rings is 1. The lowest BCUT2D eigenvalue weighted by Crippen LogP contribution is -2.54.